The molecule has 10 heavy (non-hydrogen) atoms. The second-order valence-electron chi connectivity index (χ2n) is 0.500. The third-order valence-electron chi connectivity index (χ3n) is 0. The largest absolute Gasteiger partial charge is 4.00 e. The Hall–Kier alpha value is -0.0834. The molecule has 0 spiro atoms. The molecule has 0 aliphatic rings. The molecule has 0 aromatic carbocycles. The van der Waals surface area contributed by atoms with Gasteiger partial charge in [0.2, 0.25) is 0 Å². The molecule has 0 fully saturated rings. The maximum absolute atomic E-state index is 8.33. The van der Waals surface area contributed by atoms with Gasteiger partial charge in [0.1, 0.15) is 0 Å². The van der Waals surface area contributed by atoms with Crippen LogP contribution in [0.4, 0.5) is 9.59 Å². The van der Waals surface area contributed by atoms with Crippen molar-refractivity contribution in [1.82, 2.24) is 0 Å². The number of rotatable bonds is 0. The van der Waals surface area contributed by atoms with Crippen molar-refractivity contribution in [3.05, 3.63) is 0 Å². The summed E-state index contributed by atoms with van der Waals surface area (Å²) in [5, 5.41) is 33.3. The number of carbonyl (C=O) groups is 2. The zero-order valence-electron chi connectivity index (χ0n) is 4.27. The van der Waals surface area contributed by atoms with Gasteiger partial charge < -0.3 is 30.0 Å². The van der Waals surface area contributed by atoms with Gasteiger partial charge in [0.25, 0.3) is 0 Å². The first-order valence-corrected chi connectivity index (χ1v) is 1.22. The van der Waals surface area contributed by atoms with E-state index in [2.05, 4.69) is 0 Å². The zero-order valence-corrected chi connectivity index (χ0v) is 7.71. The summed E-state index contributed by atoms with van der Waals surface area (Å²) >= 11 is 0. The fourth-order valence-corrected chi connectivity index (χ4v) is 0. The van der Waals surface area contributed by atoms with Crippen molar-refractivity contribution < 1.29 is 72.7 Å². The molecular weight excluding hydrogens is 270 g/mol. The van der Waals surface area contributed by atoms with E-state index in [0.717, 1.165) is 0 Å². The van der Waals surface area contributed by atoms with Gasteiger partial charge in [-0.15, -0.1) is 0 Å². The van der Waals surface area contributed by atoms with Crippen LogP contribution in [0.25, 0.3) is 0 Å². The van der Waals surface area contributed by atoms with Crippen LogP contribution in [0.3, 0.4) is 0 Å². The van der Waals surface area contributed by atoms with Crippen molar-refractivity contribution >= 4 is 12.3 Å². The molecule has 0 unspecified atom stereocenters. The van der Waals surface area contributed by atoms with Crippen LogP contribution < -0.4 is 20.4 Å². The first kappa shape index (κ1) is 22.5. The van der Waals surface area contributed by atoms with E-state index in [-0.39, 0.29) is 42.7 Å². The summed E-state index contributed by atoms with van der Waals surface area (Å²) in [6.45, 7) is 0. The molecule has 0 saturated heterocycles. The molecule has 0 N–H and O–H groups in total. The van der Waals surface area contributed by atoms with Crippen molar-refractivity contribution in [3.8, 4) is 0 Å². The maximum Gasteiger partial charge on any atom is 4.00 e. The van der Waals surface area contributed by atoms with Crippen molar-refractivity contribution in [2.75, 3.05) is 0 Å². The first-order valence-electron chi connectivity index (χ1n) is 1.22. The van der Waals surface area contributed by atoms with Crippen LogP contribution in [0.15, 0.2) is 0 Å². The van der Waals surface area contributed by atoms with Gasteiger partial charge in [0.15, 0.2) is 0 Å². The van der Waals surface area contributed by atoms with Gasteiger partial charge in [-0.25, -0.2) is 0 Å². The molecule has 0 amide bonds. The second-order valence-corrected chi connectivity index (χ2v) is 0.500. The van der Waals surface area contributed by atoms with Crippen LogP contribution in [0.5, 0.6) is 0 Å². The monoisotopic (exact) mass is 268 g/mol. The van der Waals surface area contributed by atoms with Crippen LogP contribution in [0.1, 0.15) is 0 Å². The van der Waals surface area contributed by atoms with E-state index in [0.29, 0.717) is 0 Å². The minimum atomic E-state index is -2.33. The topological polar surface area (TPSA) is 126 Å². The van der Waals surface area contributed by atoms with E-state index in [4.69, 9.17) is 30.0 Å². The quantitative estimate of drug-likeness (QED) is 0.406. The summed E-state index contributed by atoms with van der Waals surface area (Å²) < 4.78 is 0. The third-order valence-corrected chi connectivity index (χ3v) is 0. The SMILES string of the molecule is O=C([O-])[O-].O=C([O-])[O-].[Ni].[Zr+4]. The Morgan fingerprint density at radius 1 is 0.800 bits per heavy atom. The Balaban J connectivity index is -0.0000000300. The predicted octanol–water partition coefficient (Wildman–Crippen LogP) is -4.90. The van der Waals surface area contributed by atoms with Gasteiger partial charge in [-0.3, -0.25) is 0 Å². The van der Waals surface area contributed by atoms with Gasteiger partial charge in [0.05, 0.1) is 0 Å². The molecule has 0 atom stereocenters. The van der Waals surface area contributed by atoms with Gasteiger partial charge in [-0.1, -0.05) is 0 Å². The van der Waals surface area contributed by atoms with E-state index in [1.54, 1.807) is 0 Å². The van der Waals surface area contributed by atoms with Crippen LogP contribution >= 0.6 is 0 Å². The number of hydrogen-bond acceptors (Lipinski definition) is 6. The summed E-state index contributed by atoms with van der Waals surface area (Å²) in [6, 6.07) is 0. The molecule has 0 aliphatic heterocycles. The van der Waals surface area contributed by atoms with Gasteiger partial charge in [-0.05, 0) is 12.3 Å². The summed E-state index contributed by atoms with van der Waals surface area (Å²) in [6.07, 6.45) is -4.67. The Morgan fingerprint density at radius 2 is 0.800 bits per heavy atom. The summed E-state index contributed by atoms with van der Waals surface area (Å²) in [4.78, 5) is 16.7. The average Bonchev–Trinajstić information content (AvgIpc) is 1.25. The molecule has 0 aromatic heterocycles. The normalized spacial score (nSPS) is 4.80. The van der Waals surface area contributed by atoms with Crippen LogP contribution in [-0.4, -0.2) is 12.3 Å². The third kappa shape index (κ3) is 54500. The fourth-order valence-electron chi connectivity index (χ4n) is 0. The van der Waals surface area contributed by atoms with Crippen molar-refractivity contribution in [2.24, 2.45) is 0 Å². The average molecular weight is 270 g/mol. The number of hydrogen-bond donors (Lipinski definition) is 0. The van der Waals surface area contributed by atoms with E-state index >= 15 is 0 Å². The summed E-state index contributed by atoms with van der Waals surface area (Å²) in [7, 11) is 0. The molecule has 0 bridgehead atoms. The van der Waals surface area contributed by atoms with Gasteiger partial charge >= 0.3 is 26.2 Å². The van der Waals surface area contributed by atoms with Crippen molar-refractivity contribution in [3.63, 3.8) is 0 Å². The molecule has 6 nitrogen and oxygen atoms in total. The minimum Gasteiger partial charge on any atom is -0.652 e. The summed E-state index contributed by atoms with van der Waals surface area (Å²) in [5.74, 6) is 0. The molecule has 0 saturated carbocycles. The molecule has 58 valence electrons. The van der Waals surface area contributed by atoms with Gasteiger partial charge in [0, 0.05) is 16.5 Å². The molecule has 0 heterocycles. The van der Waals surface area contributed by atoms with Crippen LogP contribution in [0.2, 0.25) is 0 Å². The van der Waals surface area contributed by atoms with Crippen LogP contribution in [0, 0.1) is 0 Å². The molecule has 0 rings (SSSR count). The van der Waals surface area contributed by atoms with E-state index in [1.165, 1.54) is 0 Å². The first-order chi connectivity index (χ1) is 3.46. The smallest absolute Gasteiger partial charge is 0.652 e. The summed E-state index contributed by atoms with van der Waals surface area (Å²) in [5.41, 5.74) is 0. The number of carbonyl (C=O) groups excluding carboxylic acids is 2. The Kier molecular flexibility index (Phi) is 36.0. The molecular formula is C2NiO6Zr. The van der Waals surface area contributed by atoms with E-state index in [9.17, 15) is 0 Å². The molecule has 0 radical (unpaired) electrons. The standard InChI is InChI=1S/2CH2O3.Ni.Zr/c2*2-1(3)4;;/h2*(H2,2,3,4);;/q;;;+4/p-4. The maximum atomic E-state index is 8.33. The minimum absolute atomic E-state index is 0. The predicted molar refractivity (Wildman–Crippen MR) is 10.8 cm³/mol. The van der Waals surface area contributed by atoms with E-state index < -0.39 is 12.3 Å². The molecule has 8 heteroatoms. The Bertz CT molecular complexity index is 73.7. The van der Waals surface area contributed by atoms with Gasteiger partial charge in [-0.2, -0.15) is 0 Å². The molecule has 0 aliphatic carbocycles. The Labute approximate surface area is 84.9 Å². The van der Waals surface area contributed by atoms with E-state index in [1.807, 2.05) is 0 Å². The second kappa shape index (κ2) is 16.0. The zero-order chi connectivity index (χ0) is 7.15. The van der Waals surface area contributed by atoms with Crippen molar-refractivity contribution in [1.29, 1.82) is 0 Å². The molecule has 0 aromatic rings. The fraction of sp³-hybridized carbons (Fsp3) is 0. The van der Waals surface area contributed by atoms with Crippen molar-refractivity contribution in [2.45, 2.75) is 0 Å². The number of carboxylic acid groups (broad SMARTS) is 4. The van der Waals surface area contributed by atoms with Crippen LogP contribution in [-0.2, 0) is 42.7 Å². The Morgan fingerprint density at radius 3 is 0.800 bits per heavy atom.